The smallest absolute Gasteiger partial charge is 0.276 e. The van der Waals surface area contributed by atoms with Crippen LogP contribution < -0.4 is 5.32 Å². The van der Waals surface area contributed by atoms with Crippen molar-refractivity contribution in [2.45, 2.75) is 19.3 Å². The first-order valence-electron chi connectivity index (χ1n) is 7.18. The van der Waals surface area contributed by atoms with Crippen molar-refractivity contribution < 1.29 is 4.79 Å². The molecular formula is C16H14N4OS. The first-order valence-corrected chi connectivity index (χ1v) is 8.13. The molecule has 110 valence electrons. The molecular weight excluding hydrogens is 296 g/mol. The van der Waals surface area contributed by atoms with Crippen molar-refractivity contribution >= 4 is 23.1 Å². The number of thiazole rings is 1. The Labute approximate surface area is 131 Å². The molecule has 0 unspecified atom stereocenters. The van der Waals surface area contributed by atoms with E-state index in [2.05, 4.69) is 15.4 Å². The number of nitrogens with one attached hydrogen (secondary N) is 1. The van der Waals surface area contributed by atoms with E-state index in [9.17, 15) is 4.79 Å². The van der Waals surface area contributed by atoms with Crippen LogP contribution in [0.5, 0.6) is 0 Å². The van der Waals surface area contributed by atoms with Gasteiger partial charge < -0.3 is 5.32 Å². The Morgan fingerprint density at radius 2 is 2.09 bits per heavy atom. The first kappa shape index (κ1) is 13.2. The Hall–Kier alpha value is -2.47. The Morgan fingerprint density at radius 1 is 1.23 bits per heavy atom. The number of hydrogen-bond donors (Lipinski definition) is 1. The number of rotatable bonds is 3. The fourth-order valence-corrected chi connectivity index (χ4v) is 3.30. The summed E-state index contributed by atoms with van der Waals surface area (Å²) in [4.78, 5) is 16.4. The average molecular weight is 310 g/mol. The molecule has 5 nitrogen and oxygen atoms in total. The fourth-order valence-electron chi connectivity index (χ4n) is 2.77. The molecule has 1 aliphatic rings. The maximum atomic E-state index is 12.3. The zero-order valence-corrected chi connectivity index (χ0v) is 12.6. The van der Waals surface area contributed by atoms with Crippen molar-refractivity contribution in [1.82, 2.24) is 14.8 Å². The van der Waals surface area contributed by atoms with Gasteiger partial charge in [0, 0.05) is 10.9 Å². The zero-order valence-electron chi connectivity index (χ0n) is 11.8. The summed E-state index contributed by atoms with van der Waals surface area (Å²) in [5.74, 6) is 0.588. The molecule has 0 saturated carbocycles. The molecule has 1 N–H and O–H groups in total. The lowest BCUT2D eigenvalue weighted by molar-refractivity contribution is 0.102. The molecule has 1 aromatic carbocycles. The van der Waals surface area contributed by atoms with Crippen molar-refractivity contribution in [2.75, 3.05) is 5.32 Å². The van der Waals surface area contributed by atoms with Crippen LogP contribution in [-0.4, -0.2) is 20.7 Å². The normalized spacial score (nSPS) is 13.1. The second-order valence-corrected chi connectivity index (χ2v) is 5.92. The molecule has 0 atom stereocenters. The van der Waals surface area contributed by atoms with Gasteiger partial charge in [-0.1, -0.05) is 18.2 Å². The van der Waals surface area contributed by atoms with Crippen molar-refractivity contribution in [3.8, 4) is 5.69 Å². The van der Waals surface area contributed by atoms with Gasteiger partial charge in [-0.3, -0.25) is 4.79 Å². The van der Waals surface area contributed by atoms with E-state index in [0.717, 1.165) is 42.0 Å². The van der Waals surface area contributed by atoms with E-state index in [1.165, 1.54) is 11.3 Å². The van der Waals surface area contributed by atoms with Gasteiger partial charge in [-0.05, 0) is 31.4 Å². The van der Waals surface area contributed by atoms with Gasteiger partial charge in [0.25, 0.3) is 5.91 Å². The van der Waals surface area contributed by atoms with Crippen molar-refractivity contribution in [2.24, 2.45) is 0 Å². The summed E-state index contributed by atoms with van der Waals surface area (Å²) in [6.07, 6.45) is 3.01. The van der Waals surface area contributed by atoms with E-state index in [4.69, 9.17) is 0 Å². The van der Waals surface area contributed by atoms with Crippen molar-refractivity contribution in [1.29, 1.82) is 0 Å². The highest BCUT2D eigenvalue weighted by Gasteiger charge is 2.24. The standard InChI is InChI=1S/C16H14N4OS/c21-16(14-9-22-10-17-14)18-15-12-7-4-8-13(12)19-20(15)11-5-2-1-3-6-11/h1-3,5-6,9-10H,4,7-8H2,(H,18,21). The van der Waals surface area contributed by atoms with Gasteiger partial charge in [0.2, 0.25) is 0 Å². The largest absolute Gasteiger partial charge is 0.305 e. The third kappa shape index (κ3) is 2.21. The number of amides is 1. The summed E-state index contributed by atoms with van der Waals surface area (Å²) in [6, 6.07) is 9.87. The van der Waals surface area contributed by atoms with E-state index >= 15 is 0 Å². The Balaban J connectivity index is 1.76. The zero-order chi connectivity index (χ0) is 14.9. The molecule has 0 saturated heterocycles. The molecule has 3 aromatic rings. The van der Waals surface area contributed by atoms with Crippen LogP contribution >= 0.6 is 11.3 Å². The van der Waals surface area contributed by atoms with Crippen LogP contribution in [0, 0.1) is 0 Å². The summed E-state index contributed by atoms with van der Waals surface area (Å²) < 4.78 is 1.83. The molecule has 6 heteroatoms. The van der Waals surface area contributed by atoms with E-state index in [-0.39, 0.29) is 5.91 Å². The first-order chi connectivity index (χ1) is 10.8. The molecule has 0 fully saturated rings. The number of aromatic nitrogens is 3. The number of anilines is 1. The highest BCUT2D eigenvalue weighted by atomic mass is 32.1. The average Bonchev–Trinajstić information content (AvgIpc) is 3.26. The molecule has 0 radical (unpaired) electrons. The number of fused-ring (bicyclic) bond motifs is 1. The SMILES string of the molecule is O=C(Nc1c2c(nn1-c1ccccc1)CCC2)c1cscn1. The Bertz CT molecular complexity index is 808. The van der Waals surface area contributed by atoms with Crippen LogP contribution in [0.3, 0.4) is 0 Å². The highest BCUT2D eigenvalue weighted by Crippen LogP contribution is 2.31. The Morgan fingerprint density at radius 3 is 2.86 bits per heavy atom. The van der Waals surface area contributed by atoms with E-state index in [1.807, 2.05) is 35.0 Å². The second kappa shape index (κ2) is 5.38. The molecule has 2 aromatic heterocycles. The lowest BCUT2D eigenvalue weighted by Gasteiger charge is -2.10. The molecule has 1 amide bonds. The number of nitrogens with zero attached hydrogens (tertiary/aromatic N) is 3. The summed E-state index contributed by atoms with van der Waals surface area (Å²) in [5.41, 5.74) is 5.28. The number of aryl methyl sites for hydroxylation is 1. The number of benzene rings is 1. The summed E-state index contributed by atoms with van der Waals surface area (Å²) in [7, 11) is 0. The van der Waals surface area contributed by atoms with Gasteiger partial charge in [-0.2, -0.15) is 5.10 Å². The van der Waals surface area contributed by atoms with Gasteiger partial charge >= 0.3 is 0 Å². The minimum absolute atomic E-state index is 0.187. The monoisotopic (exact) mass is 310 g/mol. The van der Waals surface area contributed by atoms with Gasteiger partial charge in [0.1, 0.15) is 11.5 Å². The number of hydrogen-bond acceptors (Lipinski definition) is 4. The highest BCUT2D eigenvalue weighted by molar-refractivity contribution is 7.07. The topological polar surface area (TPSA) is 59.8 Å². The van der Waals surface area contributed by atoms with Crippen LogP contribution in [0.1, 0.15) is 28.2 Å². The van der Waals surface area contributed by atoms with Crippen molar-refractivity contribution in [3.63, 3.8) is 0 Å². The predicted octanol–water partition coefficient (Wildman–Crippen LogP) is 3.07. The minimum atomic E-state index is -0.187. The fraction of sp³-hybridized carbons (Fsp3) is 0.188. The second-order valence-electron chi connectivity index (χ2n) is 5.20. The number of para-hydroxylation sites is 1. The Kier molecular flexibility index (Phi) is 3.23. The van der Waals surface area contributed by atoms with Gasteiger partial charge in [-0.25, -0.2) is 9.67 Å². The van der Waals surface area contributed by atoms with Gasteiger partial charge in [-0.15, -0.1) is 11.3 Å². The summed E-state index contributed by atoms with van der Waals surface area (Å²) >= 11 is 1.41. The quantitative estimate of drug-likeness (QED) is 0.809. The molecule has 1 aliphatic carbocycles. The summed E-state index contributed by atoms with van der Waals surface area (Å²) in [5, 5.41) is 9.43. The van der Waals surface area contributed by atoms with Crippen LogP contribution in [-0.2, 0) is 12.8 Å². The molecule has 4 rings (SSSR count). The van der Waals surface area contributed by atoms with E-state index in [1.54, 1.807) is 10.9 Å². The number of carbonyl (C=O) groups is 1. The third-order valence-electron chi connectivity index (χ3n) is 3.80. The maximum Gasteiger partial charge on any atom is 0.276 e. The number of carbonyl (C=O) groups excluding carboxylic acids is 1. The van der Waals surface area contributed by atoms with Crippen LogP contribution in [0.15, 0.2) is 41.2 Å². The van der Waals surface area contributed by atoms with Crippen molar-refractivity contribution in [3.05, 3.63) is 58.2 Å². The minimum Gasteiger partial charge on any atom is -0.305 e. The van der Waals surface area contributed by atoms with Gasteiger partial charge in [0.15, 0.2) is 0 Å². The van der Waals surface area contributed by atoms with Gasteiger partial charge in [0.05, 0.1) is 16.9 Å². The van der Waals surface area contributed by atoms with E-state index in [0.29, 0.717) is 5.69 Å². The molecule has 0 aliphatic heterocycles. The van der Waals surface area contributed by atoms with Crippen LogP contribution in [0.4, 0.5) is 5.82 Å². The van der Waals surface area contributed by atoms with E-state index < -0.39 is 0 Å². The predicted molar refractivity (Wildman–Crippen MR) is 85.7 cm³/mol. The molecule has 22 heavy (non-hydrogen) atoms. The molecule has 0 bridgehead atoms. The van der Waals surface area contributed by atoms with Crippen LogP contribution in [0.25, 0.3) is 5.69 Å². The lowest BCUT2D eigenvalue weighted by Crippen LogP contribution is -2.16. The van der Waals surface area contributed by atoms with Crippen LogP contribution in [0.2, 0.25) is 0 Å². The lowest BCUT2D eigenvalue weighted by atomic mass is 10.2. The summed E-state index contributed by atoms with van der Waals surface area (Å²) in [6.45, 7) is 0. The molecule has 0 spiro atoms. The maximum absolute atomic E-state index is 12.3. The third-order valence-corrected chi connectivity index (χ3v) is 4.39. The molecule has 2 heterocycles.